The number of hydrogen-bond acceptors (Lipinski definition) is 4. The maximum Gasteiger partial charge on any atom is 0.416 e. The minimum absolute atomic E-state index is 0.0332. The Morgan fingerprint density at radius 3 is 2.29 bits per heavy atom. The number of halogens is 4. The van der Waals surface area contributed by atoms with E-state index < -0.39 is 23.5 Å². The zero-order valence-electron chi connectivity index (χ0n) is 19.2. The number of ether oxygens (including phenoxy) is 1. The van der Waals surface area contributed by atoms with Crippen LogP contribution >= 0.6 is 0 Å². The molecule has 2 aromatic carbocycles. The zero-order chi connectivity index (χ0) is 25.5. The number of nitrogens with zero attached hydrogens (tertiary/aromatic N) is 2. The van der Waals surface area contributed by atoms with Gasteiger partial charge in [-0.15, -0.1) is 0 Å². The van der Waals surface area contributed by atoms with E-state index in [9.17, 15) is 27.2 Å². The number of Topliss-reactive ketones (excluding diaryl/α,β-unsaturated/α-hetero) is 1. The molecule has 6 nitrogen and oxygen atoms in total. The number of methoxy groups -OCH3 is 1. The van der Waals surface area contributed by atoms with Gasteiger partial charge in [0.05, 0.1) is 19.2 Å². The first kappa shape index (κ1) is 26.6. The maximum atomic E-state index is 13.6. The van der Waals surface area contributed by atoms with Crippen LogP contribution in [0.2, 0.25) is 0 Å². The Bertz CT molecular complexity index is 1140. The van der Waals surface area contributed by atoms with Gasteiger partial charge in [0.15, 0.2) is 17.3 Å². The molecule has 0 aliphatic carbocycles. The fourth-order valence-corrected chi connectivity index (χ4v) is 3.05. The molecule has 3 aromatic rings. The Kier molecular flexibility index (Phi) is 8.94. The van der Waals surface area contributed by atoms with Crippen LogP contribution in [0, 0.1) is 5.82 Å². The number of hydrogen-bond donors (Lipinski definition) is 1. The van der Waals surface area contributed by atoms with Crippen LogP contribution in [-0.4, -0.2) is 28.6 Å². The molecule has 1 N–H and O–H groups in total. The summed E-state index contributed by atoms with van der Waals surface area (Å²) in [6, 6.07) is 8.24. The molecule has 10 heteroatoms. The molecule has 0 bridgehead atoms. The SMILES string of the molecule is CC.COc1cc(Cn2cc(CC(C)=O)c(C(=O)Nc3ccc(C(F)(F)F)cc3)n2)ccc1F. The van der Waals surface area contributed by atoms with Gasteiger partial charge in [-0.2, -0.15) is 18.3 Å². The third-order valence-electron chi connectivity index (χ3n) is 4.52. The Balaban J connectivity index is 0.00000199. The number of anilines is 1. The highest BCUT2D eigenvalue weighted by molar-refractivity contribution is 6.04. The lowest BCUT2D eigenvalue weighted by molar-refractivity contribution is -0.137. The van der Waals surface area contributed by atoms with E-state index in [0.29, 0.717) is 11.1 Å². The fraction of sp³-hybridized carbons (Fsp3) is 0.292. The van der Waals surface area contributed by atoms with Crippen molar-refractivity contribution in [2.24, 2.45) is 0 Å². The summed E-state index contributed by atoms with van der Waals surface area (Å²) in [6.45, 7) is 5.54. The summed E-state index contributed by atoms with van der Waals surface area (Å²) in [5, 5.41) is 6.72. The molecular weight excluding hydrogens is 454 g/mol. The zero-order valence-corrected chi connectivity index (χ0v) is 19.2. The van der Waals surface area contributed by atoms with Crippen molar-refractivity contribution in [3.63, 3.8) is 0 Å². The van der Waals surface area contributed by atoms with E-state index in [4.69, 9.17) is 4.74 Å². The molecule has 182 valence electrons. The molecule has 0 fully saturated rings. The number of amides is 1. The third-order valence-corrected chi connectivity index (χ3v) is 4.52. The summed E-state index contributed by atoms with van der Waals surface area (Å²) in [7, 11) is 1.34. The number of nitrogens with one attached hydrogen (secondary N) is 1. The van der Waals surface area contributed by atoms with Gasteiger partial charge in [-0.05, 0) is 48.9 Å². The predicted octanol–water partition coefficient (Wildman–Crippen LogP) is 5.51. The molecule has 0 aliphatic heterocycles. The van der Waals surface area contributed by atoms with E-state index in [1.807, 2.05) is 13.8 Å². The van der Waals surface area contributed by atoms with Crippen molar-refractivity contribution in [2.75, 3.05) is 12.4 Å². The number of carbonyl (C=O) groups is 2. The van der Waals surface area contributed by atoms with E-state index in [1.165, 1.54) is 43.1 Å². The van der Waals surface area contributed by atoms with Crippen LogP contribution in [0.5, 0.6) is 5.75 Å². The molecule has 0 radical (unpaired) electrons. The summed E-state index contributed by atoms with van der Waals surface area (Å²) in [5.74, 6) is -1.34. The van der Waals surface area contributed by atoms with Crippen molar-refractivity contribution < 1.29 is 31.9 Å². The third kappa shape index (κ3) is 6.90. The summed E-state index contributed by atoms with van der Waals surface area (Å²) in [5.41, 5.74) is 0.279. The van der Waals surface area contributed by atoms with Gasteiger partial charge in [0, 0.05) is 23.9 Å². The first-order chi connectivity index (χ1) is 16.1. The second-order valence-corrected chi connectivity index (χ2v) is 7.08. The molecule has 0 saturated heterocycles. The summed E-state index contributed by atoms with van der Waals surface area (Å²) >= 11 is 0. The number of benzene rings is 2. The molecule has 1 amide bonds. The number of aromatic nitrogens is 2. The minimum Gasteiger partial charge on any atom is -0.494 e. The quantitative estimate of drug-likeness (QED) is 0.454. The number of alkyl halides is 3. The van der Waals surface area contributed by atoms with Crippen LogP contribution in [0.25, 0.3) is 0 Å². The smallest absolute Gasteiger partial charge is 0.416 e. The lowest BCUT2D eigenvalue weighted by Crippen LogP contribution is -2.16. The highest BCUT2D eigenvalue weighted by Crippen LogP contribution is 2.30. The van der Waals surface area contributed by atoms with E-state index in [0.717, 1.165) is 24.3 Å². The van der Waals surface area contributed by atoms with Crippen LogP contribution in [0.1, 0.15) is 48.0 Å². The highest BCUT2D eigenvalue weighted by atomic mass is 19.4. The molecule has 0 aliphatic rings. The van der Waals surface area contributed by atoms with Gasteiger partial charge in [0.2, 0.25) is 0 Å². The second kappa shape index (κ2) is 11.4. The van der Waals surface area contributed by atoms with Crippen molar-refractivity contribution in [1.82, 2.24) is 9.78 Å². The lowest BCUT2D eigenvalue weighted by Gasteiger charge is -2.08. The van der Waals surface area contributed by atoms with Crippen LogP contribution in [0.3, 0.4) is 0 Å². The van der Waals surface area contributed by atoms with Crippen molar-refractivity contribution in [1.29, 1.82) is 0 Å². The standard InChI is InChI=1S/C22H19F4N3O3.C2H6/c1-13(30)9-15-12-29(11-14-3-8-18(23)19(10-14)32-2)28-20(15)21(31)27-17-6-4-16(5-7-17)22(24,25)26;1-2/h3-8,10,12H,9,11H2,1-2H3,(H,27,31);1-2H3. The van der Waals surface area contributed by atoms with Crippen LogP contribution in [-0.2, 0) is 23.9 Å². The Labute approximate surface area is 194 Å². The lowest BCUT2D eigenvalue weighted by atomic mass is 10.1. The topological polar surface area (TPSA) is 73.2 Å². The minimum atomic E-state index is -4.49. The Morgan fingerprint density at radius 2 is 1.74 bits per heavy atom. The van der Waals surface area contributed by atoms with Crippen LogP contribution in [0.4, 0.5) is 23.2 Å². The van der Waals surface area contributed by atoms with E-state index in [2.05, 4.69) is 10.4 Å². The number of rotatable bonds is 7. The molecular formula is C24H25F4N3O3. The molecule has 3 rings (SSSR count). The van der Waals surface area contributed by atoms with E-state index >= 15 is 0 Å². The van der Waals surface area contributed by atoms with Gasteiger partial charge in [0.25, 0.3) is 5.91 Å². The second-order valence-electron chi connectivity index (χ2n) is 7.08. The molecule has 0 atom stereocenters. The number of ketones is 1. The van der Waals surface area contributed by atoms with Gasteiger partial charge in [0.1, 0.15) is 5.78 Å². The van der Waals surface area contributed by atoms with Crippen molar-refractivity contribution in [3.05, 3.63) is 76.9 Å². The monoisotopic (exact) mass is 479 g/mol. The van der Waals surface area contributed by atoms with Crippen LogP contribution < -0.4 is 10.1 Å². The normalized spacial score (nSPS) is 10.8. The number of carbonyl (C=O) groups excluding carboxylic acids is 2. The average Bonchev–Trinajstić information content (AvgIpc) is 3.17. The molecule has 1 heterocycles. The molecule has 0 unspecified atom stereocenters. The highest BCUT2D eigenvalue weighted by Gasteiger charge is 2.30. The molecule has 34 heavy (non-hydrogen) atoms. The molecule has 1 aromatic heterocycles. The van der Waals surface area contributed by atoms with Gasteiger partial charge in [-0.3, -0.25) is 14.3 Å². The molecule has 0 saturated carbocycles. The van der Waals surface area contributed by atoms with Gasteiger partial charge in [-0.25, -0.2) is 4.39 Å². The van der Waals surface area contributed by atoms with E-state index in [-0.39, 0.29) is 35.9 Å². The van der Waals surface area contributed by atoms with Crippen LogP contribution in [0.15, 0.2) is 48.7 Å². The van der Waals surface area contributed by atoms with Crippen molar-refractivity contribution >= 4 is 17.4 Å². The maximum absolute atomic E-state index is 13.6. The van der Waals surface area contributed by atoms with Crippen molar-refractivity contribution in [3.8, 4) is 5.75 Å². The Morgan fingerprint density at radius 1 is 1.09 bits per heavy atom. The summed E-state index contributed by atoms with van der Waals surface area (Å²) < 4.78 is 58.1. The predicted molar refractivity (Wildman–Crippen MR) is 119 cm³/mol. The Hall–Kier alpha value is -3.69. The van der Waals surface area contributed by atoms with E-state index in [1.54, 1.807) is 0 Å². The van der Waals surface area contributed by atoms with Crippen molar-refractivity contribution in [2.45, 2.75) is 39.9 Å². The van der Waals surface area contributed by atoms with Gasteiger partial charge in [-0.1, -0.05) is 19.9 Å². The molecule has 0 spiro atoms. The average molecular weight is 479 g/mol. The first-order valence-electron chi connectivity index (χ1n) is 10.4. The first-order valence-corrected chi connectivity index (χ1v) is 10.4. The largest absolute Gasteiger partial charge is 0.494 e. The van der Waals surface area contributed by atoms with Gasteiger partial charge < -0.3 is 10.1 Å². The summed E-state index contributed by atoms with van der Waals surface area (Å²) in [4.78, 5) is 24.4. The van der Waals surface area contributed by atoms with Gasteiger partial charge >= 0.3 is 6.18 Å². The summed E-state index contributed by atoms with van der Waals surface area (Å²) in [6.07, 6.45) is -3.01. The fourth-order valence-electron chi connectivity index (χ4n) is 3.05.